The summed E-state index contributed by atoms with van der Waals surface area (Å²) in [4.78, 5) is 43.2. The van der Waals surface area contributed by atoms with E-state index in [-0.39, 0.29) is 33.7 Å². The highest BCUT2D eigenvalue weighted by Crippen LogP contribution is 2.37. The zero-order chi connectivity index (χ0) is 30.8. The molecule has 2 aromatic heterocycles. The molecular formula is C30H27N3O9S. The van der Waals surface area contributed by atoms with Crippen LogP contribution in [-0.4, -0.2) is 43.4 Å². The van der Waals surface area contributed by atoms with Crippen molar-refractivity contribution in [3.8, 4) is 28.6 Å². The van der Waals surface area contributed by atoms with Gasteiger partial charge in [0.05, 0.1) is 66.3 Å². The lowest BCUT2D eigenvalue weighted by atomic mass is 9.95. The fraction of sp³-hybridized carbons (Fsp3) is 0.233. The quantitative estimate of drug-likeness (QED) is 0.157. The van der Waals surface area contributed by atoms with Gasteiger partial charge in [0.2, 0.25) is 0 Å². The molecule has 0 radical (unpaired) electrons. The smallest absolute Gasteiger partial charge is 0.338 e. The van der Waals surface area contributed by atoms with Crippen molar-refractivity contribution in [3.63, 3.8) is 0 Å². The minimum absolute atomic E-state index is 0.145. The SMILES string of the molecule is CCOC(=O)C1=C(C)N=c2sc(=Cc3ccc(-c4ccc(OC)cc4[N+](=O)[O-])o3)c(=O)n2C1c1ccc(OC)c(OC)c1. The molecule has 1 atom stereocenters. The maximum atomic E-state index is 13.9. The number of furan rings is 1. The molecule has 2 aromatic carbocycles. The third-order valence-corrected chi connectivity index (χ3v) is 7.79. The standard InChI is InChI=1S/C30H27N3O9S/c1-6-41-29(35)26-16(2)31-30-32(27(26)17-7-11-23(39-4)24(13-17)40-5)28(34)25(43-30)15-19-9-12-22(42-19)20-10-8-18(38-3)14-21(20)33(36)37/h7-15,27H,6H2,1-5H3. The third kappa shape index (κ3) is 5.42. The summed E-state index contributed by atoms with van der Waals surface area (Å²) in [5.74, 6) is 1.21. The normalized spacial score (nSPS) is 14.6. The second-order valence-electron chi connectivity index (χ2n) is 9.26. The summed E-state index contributed by atoms with van der Waals surface area (Å²) in [5, 5.41) is 11.7. The highest BCUT2D eigenvalue weighted by Gasteiger charge is 2.34. The second-order valence-corrected chi connectivity index (χ2v) is 10.3. The summed E-state index contributed by atoms with van der Waals surface area (Å²) in [5.41, 5.74) is 0.894. The van der Waals surface area contributed by atoms with Crippen molar-refractivity contribution in [1.82, 2.24) is 4.57 Å². The molecule has 0 amide bonds. The number of esters is 1. The fourth-order valence-corrected chi connectivity index (χ4v) is 5.86. The van der Waals surface area contributed by atoms with Crippen LogP contribution in [0.25, 0.3) is 17.4 Å². The van der Waals surface area contributed by atoms with Crippen LogP contribution < -0.4 is 29.1 Å². The Balaban J connectivity index is 1.64. The number of allylic oxidation sites excluding steroid dienone is 1. The number of nitro groups is 1. The molecule has 5 rings (SSSR count). The first-order chi connectivity index (χ1) is 20.7. The number of carbonyl (C=O) groups excluding carboxylic acids is 1. The van der Waals surface area contributed by atoms with Crippen LogP contribution in [0.15, 0.2) is 74.0 Å². The number of hydrogen-bond acceptors (Lipinski definition) is 11. The van der Waals surface area contributed by atoms with E-state index in [0.29, 0.717) is 39.1 Å². The number of carbonyl (C=O) groups is 1. The number of ether oxygens (including phenoxy) is 4. The Kier molecular flexibility index (Phi) is 8.17. The van der Waals surface area contributed by atoms with Crippen LogP contribution >= 0.6 is 11.3 Å². The van der Waals surface area contributed by atoms with Crippen LogP contribution in [0.4, 0.5) is 5.69 Å². The van der Waals surface area contributed by atoms with E-state index >= 15 is 0 Å². The van der Waals surface area contributed by atoms with Gasteiger partial charge in [0.15, 0.2) is 16.3 Å². The number of nitrogens with zero attached hydrogens (tertiary/aromatic N) is 3. The van der Waals surface area contributed by atoms with Crippen LogP contribution in [-0.2, 0) is 9.53 Å². The van der Waals surface area contributed by atoms with Crippen LogP contribution in [0.3, 0.4) is 0 Å². The van der Waals surface area contributed by atoms with Crippen LogP contribution in [0.1, 0.15) is 31.2 Å². The summed E-state index contributed by atoms with van der Waals surface area (Å²) >= 11 is 1.12. The molecule has 12 nitrogen and oxygen atoms in total. The molecule has 43 heavy (non-hydrogen) atoms. The van der Waals surface area contributed by atoms with E-state index in [9.17, 15) is 19.7 Å². The summed E-state index contributed by atoms with van der Waals surface area (Å²) < 4.78 is 28.9. The van der Waals surface area contributed by atoms with Gasteiger partial charge in [0, 0.05) is 6.08 Å². The van der Waals surface area contributed by atoms with Crippen molar-refractivity contribution in [1.29, 1.82) is 0 Å². The zero-order valence-electron chi connectivity index (χ0n) is 23.9. The van der Waals surface area contributed by atoms with Crippen molar-refractivity contribution in [2.75, 3.05) is 27.9 Å². The Bertz CT molecular complexity index is 1950. The summed E-state index contributed by atoms with van der Waals surface area (Å²) in [7, 11) is 4.44. The predicted octanol–water partition coefficient (Wildman–Crippen LogP) is 3.99. The first-order valence-electron chi connectivity index (χ1n) is 13.0. The fourth-order valence-electron chi connectivity index (χ4n) is 4.83. The Morgan fingerprint density at radius 3 is 2.53 bits per heavy atom. The summed E-state index contributed by atoms with van der Waals surface area (Å²) in [6.45, 7) is 3.54. The topological polar surface area (TPSA) is 145 Å². The molecule has 0 saturated carbocycles. The van der Waals surface area contributed by atoms with Gasteiger partial charge >= 0.3 is 5.97 Å². The van der Waals surface area contributed by atoms with Gasteiger partial charge < -0.3 is 23.4 Å². The molecule has 1 aliphatic rings. The highest BCUT2D eigenvalue weighted by molar-refractivity contribution is 7.07. The number of aromatic nitrogens is 1. The Morgan fingerprint density at radius 2 is 1.86 bits per heavy atom. The van der Waals surface area contributed by atoms with Gasteiger partial charge in [-0.2, -0.15) is 0 Å². The Labute approximate surface area is 248 Å². The lowest BCUT2D eigenvalue weighted by molar-refractivity contribution is -0.384. The van der Waals surface area contributed by atoms with Crippen LogP contribution in [0, 0.1) is 10.1 Å². The van der Waals surface area contributed by atoms with Crippen LogP contribution in [0.2, 0.25) is 0 Å². The van der Waals surface area contributed by atoms with Crippen molar-refractivity contribution in [2.45, 2.75) is 19.9 Å². The predicted molar refractivity (Wildman–Crippen MR) is 157 cm³/mol. The maximum Gasteiger partial charge on any atom is 0.338 e. The molecule has 0 bridgehead atoms. The van der Waals surface area contributed by atoms with E-state index in [0.717, 1.165) is 11.3 Å². The van der Waals surface area contributed by atoms with Gasteiger partial charge in [-0.25, -0.2) is 9.79 Å². The number of hydrogen-bond donors (Lipinski definition) is 0. The minimum Gasteiger partial charge on any atom is -0.497 e. The van der Waals surface area contributed by atoms with Gasteiger partial charge in [-0.05, 0) is 55.8 Å². The number of methoxy groups -OCH3 is 3. The molecule has 0 spiro atoms. The average Bonchev–Trinajstić information content (AvgIpc) is 3.59. The highest BCUT2D eigenvalue weighted by atomic mass is 32.1. The first-order valence-corrected chi connectivity index (χ1v) is 13.9. The molecule has 0 saturated heterocycles. The molecule has 1 unspecified atom stereocenters. The zero-order valence-corrected chi connectivity index (χ0v) is 24.7. The van der Waals surface area contributed by atoms with Gasteiger partial charge in [-0.15, -0.1) is 0 Å². The van der Waals surface area contributed by atoms with E-state index in [1.54, 1.807) is 50.2 Å². The third-order valence-electron chi connectivity index (χ3n) is 6.81. The molecule has 13 heteroatoms. The van der Waals surface area contributed by atoms with E-state index in [2.05, 4.69) is 4.99 Å². The number of fused-ring (bicyclic) bond motifs is 1. The second kappa shape index (κ2) is 12.0. The summed E-state index contributed by atoms with van der Waals surface area (Å²) in [6.07, 6.45) is 1.54. The number of benzene rings is 2. The monoisotopic (exact) mass is 605 g/mol. The summed E-state index contributed by atoms with van der Waals surface area (Å²) in [6, 6.07) is 12.0. The number of rotatable bonds is 9. The molecule has 0 aliphatic carbocycles. The van der Waals surface area contributed by atoms with Crippen LogP contribution in [0.5, 0.6) is 17.2 Å². The molecule has 0 fully saturated rings. The molecular weight excluding hydrogens is 578 g/mol. The number of nitro benzene ring substituents is 1. The van der Waals surface area contributed by atoms with Gasteiger partial charge in [-0.1, -0.05) is 17.4 Å². The van der Waals surface area contributed by atoms with Gasteiger partial charge in [-0.3, -0.25) is 19.5 Å². The maximum absolute atomic E-state index is 13.9. The van der Waals surface area contributed by atoms with E-state index in [4.69, 9.17) is 23.4 Å². The average molecular weight is 606 g/mol. The van der Waals surface area contributed by atoms with Crippen molar-refractivity contribution >= 4 is 29.1 Å². The van der Waals surface area contributed by atoms with E-state index < -0.39 is 22.5 Å². The van der Waals surface area contributed by atoms with E-state index in [1.165, 1.54) is 44.1 Å². The Hall–Kier alpha value is -5.17. The Morgan fingerprint density at radius 1 is 1.09 bits per heavy atom. The van der Waals surface area contributed by atoms with Crippen molar-refractivity contribution < 1.29 is 33.1 Å². The van der Waals surface area contributed by atoms with Gasteiger partial charge in [0.25, 0.3) is 11.2 Å². The first kappa shape index (κ1) is 29.3. The minimum atomic E-state index is -0.855. The van der Waals surface area contributed by atoms with Crippen molar-refractivity contribution in [2.24, 2.45) is 4.99 Å². The van der Waals surface area contributed by atoms with Crippen molar-refractivity contribution in [3.05, 3.63) is 101 Å². The van der Waals surface area contributed by atoms with E-state index in [1.807, 2.05) is 0 Å². The van der Waals surface area contributed by atoms with Gasteiger partial charge in [0.1, 0.15) is 17.3 Å². The largest absolute Gasteiger partial charge is 0.497 e. The molecule has 0 N–H and O–H groups in total. The lowest BCUT2D eigenvalue weighted by Gasteiger charge is -2.25. The molecule has 222 valence electrons. The molecule has 4 aromatic rings. The molecule has 1 aliphatic heterocycles. The molecule has 3 heterocycles. The number of thiazole rings is 1. The lowest BCUT2D eigenvalue weighted by Crippen LogP contribution is -2.39.